The molecule has 4 rings (SSSR count). The average molecular weight is 430 g/mol. The first-order valence-electron chi connectivity index (χ1n) is 9.46. The van der Waals surface area contributed by atoms with Gasteiger partial charge in [-0.25, -0.2) is 0 Å². The molecule has 0 unspecified atom stereocenters. The summed E-state index contributed by atoms with van der Waals surface area (Å²) in [5.74, 6) is 0.894. The van der Waals surface area contributed by atoms with Gasteiger partial charge in [-0.15, -0.1) is 10.2 Å². The third kappa shape index (κ3) is 4.06. The normalized spacial score (nSPS) is 16.2. The van der Waals surface area contributed by atoms with E-state index < -0.39 is 17.2 Å². The van der Waals surface area contributed by atoms with E-state index in [0.29, 0.717) is 43.0 Å². The summed E-state index contributed by atoms with van der Waals surface area (Å²) in [4.78, 5) is 5.94. The van der Waals surface area contributed by atoms with Crippen LogP contribution >= 0.6 is 0 Å². The molecule has 0 bridgehead atoms. The van der Waals surface area contributed by atoms with Gasteiger partial charge in [-0.3, -0.25) is 0 Å². The zero-order valence-corrected chi connectivity index (χ0v) is 16.2. The number of rotatable bonds is 4. The molecular weight excluding hydrogens is 413 g/mol. The molecule has 0 radical (unpaired) electrons. The number of aliphatic hydroxyl groups is 1. The summed E-state index contributed by atoms with van der Waals surface area (Å²) in [6.45, 7) is 0.651. The van der Waals surface area contributed by atoms with E-state index >= 15 is 0 Å². The summed E-state index contributed by atoms with van der Waals surface area (Å²) >= 11 is 0. The number of piperidine rings is 1. The van der Waals surface area contributed by atoms with E-state index in [0.717, 1.165) is 12.1 Å². The molecule has 31 heavy (non-hydrogen) atoms. The first-order valence-corrected chi connectivity index (χ1v) is 9.46. The monoisotopic (exact) mass is 430 g/mol. The zero-order chi connectivity index (χ0) is 22.1. The topological polar surface area (TPSA) is 112 Å². The molecule has 0 amide bonds. The second-order valence-corrected chi connectivity index (χ2v) is 7.21. The Balaban J connectivity index is 1.46. The van der Waals surface area contributed by atoms with E-state index in [1.807, 2.05) is 4.90 Å². The molecule has 1 saturated heterocycles. The van der Waals surface area contributed by atoms with Crippen molar-refractivity contribution in [3.63, 3.8) is 0 Å². The summed E-state index contributed by atoms with van der Waals surface area (Å²) in [6, 6.07) is 10.5. The van der Waals surface area contributed by atoms with Crippen LogP contribution in [-0.4, -0.2) is 38.5 Å². The van der Waals surface area contributed by atoms with Gasteiger partial charge < -0.3 is 14.5 Å². The van der Waals surface area contributed by atoms with Crippen LogP contribution in [0.5, 0.6) is 0 Å². The Kier molecular flexibility index (Phi) is 5.32. The highest BCUT2D eigenvalue weighted by atomic mass is 19.4. The van der Waals surface area contributed by atoms with Crippen LogP contribution in [0.25, 0.3) is 11.6 Å². The van der Waals surface area contributed by atoms with Crippen LogP contribution in [0.2, 0.25) is 0 Å². The van der Waals surface area contributed by atoms with Crippen LogP contribution in [-0.2, 0) is 18.2 Å². The highest BCUT2D eigenvalue weighted by Crippen LogP contribution is 2.38. The van der Waals surface area contributed by atoms with Crippen molar-refractivity contribution in [2.75, 3.05) is 18.0 Å². The lowest BCUT2D eigenvalue weighted by atomic mass is 9.74. The van der Waals surface area contributed by atoms with Crippen LogP contribution in [0.1, 0.15) is 29.8 Å². The van der Waals surface area contributed by atoms with Crippen molar-refractivity contribution < 1.29 is 22.8 Å². The highest BCUT2D eigenvalue weighted by Gasteiger charge is 2.38. The van der Waals surface area contributed by atoms with Gasteiger partial charge in [0.2, 0.25) is 0 Å². The molecular formula is C20H17F3N6O2. The number of nitrogens with zero attached hydrogens (tertiary/aromatic N) is 6. The number of anilines is 1. The lowest BCUT2D eigenvalue weighted by Crippen LogP contribution is -2.42. The van der Waals surface area contributed by atoms with Crippen molar-refractivity contribution in [1.82, 2.24) is 20.3 Å². The van der Waals surface area contributed by atoms with Crippen molar-refractivity contribution in [3.8, 4) is 17.7 Å². The van der Waals surface area contributed by atoms with E-state index in [4.69, 9.17) is 9.63 Å². The molecule has 8 nitrogen and oxygen atoms in total. The predicted molar refractivity (Wildman–Crippen MR) is 101 cm³/mol. The fourth-order valence-corrected chi connectivity index (χ4v) is 3.59. The van der Waals surface area contributed by atoms with Crippen molar-refractivity contribution in [3.05, 3.63) is 53.3 Å². The maximum absolute atomic E-state index is 12.8. The van der Waals surface area contributed by atoms with Gasteiger partial charge in [0.1, 0.15) is 6.61 Å². The molecule has 11 heteroatoms. The second-order valence-electron chi connectivity index (χ2n) is 7.21. The van der Waals surface area contributed by atoms with Crippen LogP contribution in [0, 0.1) is 11.3 Å². The molecule has 3 aromatic rings. The molecule has 0 spiro atoms. The number of aliphatic hydroxyl groups excluding tert-OH is 1. The molecule has 0 aliphatic carbocycles. The van der Waals surface area contributed by atoms with Crippen molar-refractivity contribution in [1.29, 1.82) is 5.26 Å². The molecule has 1 aromatic carbocycles. The SMILES string of the molecule is N#CC1(c2ccc(C(F)(F)F)cc2)CCN(c2ccc(-c3nc(CO)no3)nn2)CC1. The molecule has 0 saturated carbocycles. The maximum atomic E-state index is 12.8. The van der Waals surface area contributed by atoms with Crippen molar-refractivity contribution >= 4 is 5.82 Å². The van der Waals surface area contributed by atoms with Gasteiger partial charge in [0, 0.05) is 13.1 Å². The third-order valence-electron chi connectivity index (χ3n) is 5.40. The number of halogens is 3. The lowest BCUT2D eigenvalue weighted by Gasteiger charge is -2.38. The quantitative estimate of drug-likeness (QED) is 0.672. The molecule has 0 atom stereocenters. The molecule has 3 heterocycles. The summed E-state index contributed by atoms with van der Waals surface area (Å²) in [5.41, 5.74) is -0.632. The summed E-state index contributed by atoms with van der Waals surface area (Å²) in [7, 11) is 0. The molecule has 1 aliphatic heterocycles. The van der Waals surface area contributed by atoms with E-state index in [9.17, 15) is 18.4 Å². The molecule has 1 N–H and O–H groups in total. The van der Waals surface area contributed by atoms with Crippen LogP contribution in [0.15, 0.2) is 40.9 Å². The Morgan fingerprint density at radius 1 is 1.10 bits per heavy atom. The number of alkyl halides is 3. The number of hydrogen-bond acceptors (Lipinski definition) is 8. The zero-order valence-electron chi connectivity index (χ0n) is 16.2. The fraction of sp³-hybridized carbons (Fsp3) is 0.350. The molecule has 160 valence electrons. The number of aromatic nitrogens is 4. The Labute approximate surface area is 174 Å². The van der Waals surface area contributed by atoms with Gasteiger partial charge in [-0.1, -0.05) is 17.3 Å². The Hall–Kier alpha value is -3.52. The third-order valence-corrected chi connectivity index (χ3v) is 5.40. The van der Waals surface area contributed by atoms with E-state index in [1.165, 1.54) is 12.1 Å². The van der Waals surface area contributed by atoms with Gasteiger partial charge in [0.05, 0.1) is 17.0 Å². The minimum atomic E-state index is -4.41. The lowest BCUT2D eigenvalue weighted by molar-refractivity contribution is -0.137. The van der Waals surface area contributed by atoms with Gasteiger partial charge in [-0.05, 0) is 42.7 Å². The first kappa shape index (κ1) is 20.7. The van der Waals surface area contributed by atoms with Crippen LogP contribution in [0.4, 0.5) is 19.0 Å². The van der Waals surface area contributed by atoms with Gasteiger partial charge >= 0.3 is 6.18 Å². The second kappa shape index (κ2) is 7.96. The summed E-state index contributed by atoms with van der Waals surface area (Å²) < 4.78 is 43.5. The fourth-order valence-electron chi connectivity index (χ4n) is 3.59. The summed E-state index contributed by atoms with van der Waals surface area (Å²) in [6.07, 6.45) is -3.52. The van der Waals surface area contributed by atoms with Crippen LogP contribution < -0.4 is 4.90 Å². The van der Waals surface area contributed by atoms with Gasteiger partial charge in [0.15, 0.2) is 17.3 Å². The first-order chi connectivity index (χ1) is 14.8. The highest BCUT2D eigenvalue weighted by molar-refractivity contribution is 5.50. The molecule has 1 aliphatic rings. The van der Waals surface area contributed by atoms with E-state index in [-0.39, 0.29) is 18.3 Å². The number of nitriles is 1. The minimum Gasteiger partial charge on any atom is -0.388 e. The van der Waals surface area contributed by atoms with Gasteiger partial charge in [0.25, 0.3) is 5.89 Å². The Bertz CT molecular complexity index is 1080. The summed E-state index contributed by atoms with van der Waals surface area (Å²) in [5, 5.41) is 30.7. The minimum absolute atomic E-state index is 0.146. The van der Waals surface area contributed by atoms with Crippen molar-refractivity contribution in [2.24, 2.45) is 0 Å². The number of benzene rings is 1. The Morgan fingerprint density at radius 3 is 2.32 bits per heavy atom. The molecule has 1 fully saturated rings. The maximum Gasteiger partial charge on any atom is 0.416 e. The van der Waals surface area contributed by atoms with Crippen LogP contribution in [0.3, 0.4) is 0 Å². The molecule has 2 aromatic heterocycles. The number of hydrogen-bond donors (Lipinski definition) is 1. The van der Waals surface area contributed by atoms with E-state index in [2.05, 4.69) is 26.4 Å². The smallest absolute Gasteiger partial charge is 0.388 e. The standard InChI is InChI=1S/C20H17F3N6O2/c21-20(22,23)14-3-1-13(2-4-14)19(12-24)7-9-29(10-8-19)17-6-5-15(26-27-17)18-25-16(11-30)28-31-18/h1-6,30H,7-11H2. The predicted octanol–water partition coefficient (Wildman–Crippen LogP) is 3.10. The van der Waals surface area contributed by atoms with E-state index in [1.54, 1.807) is 12.1 Å². The van der Waals surface area contributed by atoms with Crippen molar-refractivity contribution in [2.45, 2.75) is 31.0 Å². The largest absolute Gasteiger partial charge is 0.416 e. The average Bonchev–Trinajstić information content (AvgIpc) is 3.28. The van der Waals surface area contributed by atoms with Gasteiger partial charge in [-0.2, -0.15) is 23.4 Å². The Morgan fingerprint density at radius 2 is 1.81 bits per heavy atom.